The van der Waals surface area contributed by atoms with E-state index in [1.54, 1.807) is 18.2 Å². The number of nitrogens with zero attached hydrogens (tertiary/aromatic N) is 1. The Hall–Kier alpha value is -1.89. The summed E-state index contributed by atoms with van der Waals surface area (Å²) in [4.78, 5) is 12.6. The second-order valence-corrected chi connectivity index (χ2v) is 10.4. The highest BCUT2D eigenvalue weighted by atomic mass is 35.5. The molecule has 0 saturated carbocycles. The van der Waals surface area contributed by atoms with E-state index in [0.29, 0.717) is 11.6 Å². The maximum atomic E-state index is 12.7. The summed E-state index contributed by atoms with van der Waals surface area (Å²) in [6, 6.07) is 14.3. The largest absolute Gasteiger partial charge is 0.352 e. The van der Waals surface area contributed by atoms with E-state index in [-0.39, 0.29) is 35.2 Å². The summed E-state index contributed by atoms with van der Waals surface area (Å²) in [5, 5.41) is 3.43. The van der Waals surface area contributed by atoms with Gasteiger partial charge in [-0.25, -0.2) is 8.42 Å². The van der Waals surface area contributed by atoms with Gasteiger partial charge in [-0.2, -0.15) is 4.31 Å². The molecule has 28 heavy (non-hydrogen) atoms. The third kappa shape index (κ3) is 4.40. The number of halogens is 1. The Labute approximate surface area is 171 Å². The highest BCUT2D eigenvalue weighted by Gasteiger charge is 2.40. The Morgan fingerprint density at radius 3 is 2.29 bits per heavy atom. The van der Waals surface area contributed by atoms with Gasteiger partial charge in [-0.15, -0.1) is 0 Å². The molecule has 5 nitrogen and oxygen atoms in total. The Balaban J connectivity index is 1.57. The minimum absolute atomic E-state index is 0.0378. The lowest BCUT2D eigenvalue weighted by atomic mass is 9.87. The molecule has 1 aliphatic heterocycles. The zero-order valence-corrected chi connectivity index (χ0v) is 17.8. The number of hydrogen-bond donors (Lipinski definition) is 1. The van der Waals surface area contributed by atoms with Crippen molar-refractivity contribution in [3.05, 3.63) is 64.7 Å². The summed E-state index contributed by atoms with van der Waals surface area (Å²) < 4.78 is 26.8. The van der Waals surface area contributed by atoms with Crippen LogP contribution in [0.2, 0.25) is 5.02 Å². The van der Waals surface area contributed by atoms with Gasteiger partial charge in [-0.3, -0.25) is 4.79 Å². The SMILES string of the molecule is CC(C)(C)c1ccc(S(=O)(=O)N2CC(C(=O)NCc3ccccc3Cl)C2)cc1. The summed E-state index contributed by atoms with van der Waals surface area (Å²) in [5.41, 5.74) is 1.87. The lowest BCUT2D eigenvalue weighted by molar-refractivity contribution is -0.128. The van der Waals surface area contributed by atoms with Gasteiger partial charge in [-0.05, 0) is 34.7 Å². The van der Waals surface area contributed by atoms with Crippen LogP contribution in [0.5, 0.6) is 0 Å². The lowest BCUT2D eigenvalue weighted by Crippen LogP contribution is -2.55. The van der Waals surface area contributed by atoms with E-state index in [0.717, 1.165) is 11.1 Å². The fraction of sp³-hybridized carbons (Fsp3) is 0.381. The normalized spacial score (nSPS) is 15.9. The lowest BCUT2D eigenvalue weighted by Gasteiger charge is -2.37. The fourth-order valence-electron chi connectivity index (χ4n) is 3.04. The summed E-state index contributed by atoms with van der Waals surface area (Å²) >= 11 is 6.09. The van der Waals surface area contributed by atoms with E-state index in [1.807, 2.05) is 30.3 Å². The molecule has 1 aliphatic rings. The number of rotatable bonds is 5. The summed E-state index contributed by atoms with van der Waals surface area (Å²) in [6.07, 6.45) is 0. The smallest absolute Gasteiger partial charge is 0.243 e. The van der Waals surface area contributed by atoms with Gasteiger partial charge in [0.05, 0.1) is 10.8 Å². The predicted octanol–water partition coefficient (Wildman–Crippen LogP) is 3.57. The Morgan fingerprint density at radius 2 is 1.71 bits per heavy atom. The third-order valence-electron chi connectivity index (χ3n) is 4.99. The van der Waals surface area contributed by atoms with Crippen LogP contribution in [0, 0.1) is 5.92 Å². The quantitative estimate of drug-likeness (QED) is 0.803. The molecule has 7 heteroatoms. The first-order valence-corrected chi connectivity index (χ1v) is 11.0. The van der Waals surface area contributed by atoms with Crippen molar-refractivity contribution in [3.63, 3.8) is 0 Å². The third-order valence-corrected chi connectivity index (χ3v) is 7.20. The molecule has 0 aromatic heterocycles. The van der Waals surface area contributed by atoms with Crippen molar-refractivity contribution in [1.82, 2.24) is 9.62 Å². The molecule has 2 aromatic carbocycles. The van der Waals surface area contributed by atoms with Crippen molar-refractivity contribution < 1.29 is 13.2 Å². The zero-order valence-electron chi connectivity index (χ0n) is 16.3. The van der Waals surface area contributed by atoms with Crippen LogP contribution in [0.3, 0.4) is 0 Å². The molecule has 150 valence electrons. The van der Waals surface area contributed by atoms with E-state index < -0.39 is 10.0 Å². The van der Waals surface area contributed by atoms with Crippen molar-refractivity contribution in [2.45, 2.75) is 37.6 Å². The van der Waals surface area contributed by atoms with Gasteiger partial charge in [0.2, 0.25) is 15.9 Å². The van der Waals surface area contributed by atoms with E-state index in [2.05, 4.69) is 26.1 Å². The van der Waals surface area contributed by atoms with E-state index in [9.17, 15) is 13.2 Å². The monoisotopic (exact) mass is 420 g/mol. The van der Waals surface area contributed by atoms with Gasteiger partial charge in [0, 0.05) is 24.7 Å². The topological polar surface area (TPSA) is 66.5 Å². The van der Waals surface area contributed by atoms with Crippen LogP contribution in [0.1, 0.15) is 31.9 Å². The molecule has 0 bridgehead atoms. The summed E-state index contributed by atoms with van der Waals surface area (Å²) in [6.45, 7) is 6.96. The van der Waals surface area contributed by atoms with E-state index in [4.69, 9.17) is 11.6 Å². The van der Waals surface area contributed by atoms with Gasteiger partial charge in [0.15, 0.2) is 0 Å². The second kappa shape index (κ2) is 7.85. The molecule has 1 fully saturated rings. The average Bonchev–Trinajstić information content (AvgIpc) is 2.59. The molecule has 0 spiro atoms. The van der Waals surface area contributed by atoms with Crippen LogP contribution in [0.4, 0.5) is 0 Å². The molecular formula is C21H25ClN2O3S. The van der Waals surface area contributed by atoms with Crippen LogP contribution in [-0.2, 0) is 26.8 Å². The highest BCUT2D eigenvalue weighted by molar-refractivity contribution is 7.89. The molecule has 1 amide bonds. The van der Waals surface area contributed by atoms with Crippen LogP contribution in [-0.4, -0.2) is 31.7 Å². The minimum Gasteiger partial charge on any atom is -0.352 e. The van der Waals surface area contributed by atoms with Crippen molar-refractivity contribution in [3.8, 4) is 0 Å². The van der Waals surface area contributed by atoms with Gasteiger partial charge in [-0.1, -0.05) is 62.7 Å². The molecule has 0 atom stereocenters. The molecule has 1 saturated heterocycles. The molecule has 1 heterocycles. The Kier molecular flexibility index (Phi) is 5.84. The number of amides is 1. The molecular weight excluding hydrogens is 396 g/mol. The van der Waals surface area contributed by atoms with Crippen LogP contribution < -0.4 is 5.32 Å². The van der Waals surface area contributed by atoms with E-state index >= 15 is 0 Å². The first kappa shape index (κ1) is 20.8. The minimum atomic E-state index is -3.57. The van der Waals surface area contributed by atoms with Gasteiger partial charge >= 0.3 is 0 Å². The summed E-state index contributed by atoms with van der Waals surface area (Å²) in [5.74, 6) is -0.499. The molecule has 2 aromatic rings. The van der Waals surface area contributed by atoms with Crippen LogP contribution in [0.15, 0.2) is 53.4 Å². The number of hydrogen-bond acceptors (Lipinski definition) is 3. The maximum Gasteiger partial charge on any atom is 0.243 e. The molecule has 1 N–H and O–H groups in total. The maximum absolute atomic E-state index is 12.7. The predicted molar refractivity (Wildman–Crippen MR) is 111 cm³/mol. The number of nitrogens with one attached hydrogen (secondary N) is 1. The molecule has 0 radical (unpaired) electrons. The van der Waals surface area contributed by atoms with Gasteiger partial charge < -0.3 is 5.32 Å². The first-order chi connectivity index (χ1) is 13.1. The second-order valence-electron chi connectivity index (χ2n) is 8.10. The summed E-state index contributed by atoms with van der Waals surface area (Å²) in [7, 11) is -3.57. The number of carbonyl (C=O) groups is 1. The average molecular weight is 421 g/mol. The Bertz CT molecular complexity index is 960. The van der Waals surface area contributed by atoms with Crippen molar-refractivity contribution in [2.75, 3.05) is 13.1 Å². The fourth-order valence-corrected chi connectivity index (χ4v) is 4.78. The standard InChI is InChI=1S/C21H25ClN2O3S/c1-21(2,3)17-8-10-18(11-9-17)28(26,27)24-13-16(14-24)20(25)23-12-15-6-4-5-7-19(15)22/h4-11,16H,12-14H2,1-3H3,(H,23,25). The number of sulfonamides is 1. The van der Waals surface area contributed by atoms with Crippen molar-refractivity contribution >= 4 is 27.5 Å². The number of carbonyl (C=O) groups excluding carboxylic acids is 1. The molecule has 0 aliphatic carbocycles. The van der Waals surface area contributed by atoms with Gasteiger partial charge in [0.1, 0.15) is 0 Å². The van der Waals surface area contributed by atoms with Crippen molar-refractivity contribution in [2.24, 2.45) is 5.92 Å². The van der Waals surface area contributed by atoms with Crippen molar-refractivity contribution in [1.29, 1.82) is 0 Å². The highest BCUT2D eigenvalue weighted by Crippen LogP contribution is 2.28. The van der Waals surface area contributed by atoms with Crippen LogP contribution >= 0.6 is 11.6 Å². The van der Waals surface area contributed by atoms with Crippen LogP contribution in [0.25, 0.3) is 0 Å². The zero-order chi connectivity index (χ0) is 20.5. The Morgan fingerprint density at radius 1 is 1.11 bits per heavy atom. The molecule has 3 rings (SSSR count). The number of benzene rings is 2. The first-order valence-electron chi connectivity index (χ1n) is 9.21. The van der Waals surface area contributed by atoms with Gasteiger partial charge in [0.25, 0.3) is 0 Å². The molecule has 0 unspecified atom stereocenters. The van der Waals surface area contributed by atoms with E-state index in [1.165, 1.54) is 4.31 Å².